The maximum atomic E-state index is 12.8. The lowest BCUT2D eigenvalue weighted by atomic mass is 10.2. The zero-order valence-electron chi connectivity index (χ0n) is 13.9. The zero-order chi connectivity index (χ0) is 19.2. The number of esters is 1. The molecule has 0 fully saturated rings. The minimum absolute atomic E-state index is 0.0156. The van der Waals surface area contributed by atoms with E-state index in [2.05, 4.69) is 10.9 Å². The van der Waals surface area contributed by atoms with Crippen molar-refractivity contribution in [2.24, 2.45) is 0 Å². The fourth-order valence-corrected chi connectivity index (χ4v) is 2.20. The lowest BCUT2D eigenvalue weighted by molar-refractivity contribution is -0.135. The van der Waals surface area contributed by atoms with Gasteiger partial charge in [-0.25, -0.2) is 9.18 Å². The average Bonchev–Trinajstić information content (AvgIpc) is 2.70. The normalized spacial score (nSPS) is 14.8. The van der Waals surface area contributed by atoms with Gasteiger partial charge in [-0.3, -0.25) is 20.4 Å². The molecule has 1 aliphatic rings. The first-order valence-electron chi connectivity index (χ1n) is 7.93. The van der Waals surface area contributed by atoms with Gasteiger partial charge in [0, 0.05) is 0 Å². The third-order valence-corrected chi connectivity index (χ3v) is 3.54. The molecule has 0 bridgehead atoms. The van der Waals surface area contributed by atoms with Crippen LogP contribution >= 0.6 is 0 Å². The lowest BCUT2D eigenvalue weighted by Crippen LogP contribution is -2.51. The van der Waals surface area contributed by atoms with E-state index < -0.39 is 36.3 Å². The van der Waals surface area contributed by atoms with Crippen LogP contribution in [0.15, 0.2) is 48.5 Å². The fourth-order valence-electron chi connectivity index (χ4n) is 2.20. The van der Waals surface area contributed by atoms with Crippen LogP contribution in [0.3, 0.4) is 0 Å². The largest absolute Gasteiger partial charge is 0.485 e. The van der Waals surface area contributed by atoms with Crippen LogP contribution in [-0.2, 0) is 14.3 Å². The Labute approximate surface area is 153 Å². The van der Waals surface area contributed by atoms with E-state index in [0.717, 1.165) is 12.1 Å². The Kier molecular flexibility index (Phi) is 5.50. The minimum atomic E-state index is -0.943. The van der Waals surface area contributed by atoms with Crippen LogP contribution < -0.4 is 20.3 Å². The fraction of sp³-hybridized carbons (Fsp3) is 0.167. The summed E-state index contributed by atoms with van der Waals surface area (Å²) in [5.41, 5.74) is 4.37. The third kappa shape index (κ3) is 4.72. The number of rotatable bonds is 4. The predicted octanol–water partition coefficient (Wildman–Crippen LogP) is 0.970. The quantitative estimate of drug-likeness (QED) is 0.611. The molecule has 9 heteroatoms. The maximum absolute atomic E-state index is 12.8. The second-order valence-electron chi connectivity index (χ2n) is 5.48. The summed E-state index contributed by atoms with van der Waals surface area (Å²) < 4.78 is 28.5. The molecule has 0 saturated carbocycles. The molecule has 1 aliphatic heterocycles. The van der Waals surface area contributed by atoms with E-state index in [9.17, 15) is 18.8 Å². The number of amides is 2. The van der Waals surface area contributed by atoms with Crippen molar-refractivity contribution < 1.29 is 33.0 Å². The Balaban J connectivity index is 1.42. The van der Waals surface area contributed by atoms with E-state index >= 15 is 0 Å². The molecule has 2 amide bonds. The van der Waals surface area contributed by atoms with Crippen LogP contribution in [0.25, 0.3) is 0 Å². The molecule has 2 aromatic rings. The number of ether oxygens (including phenoxy) is 3. The number of benzene rings is 2. The molecule has 0 spiro atoms. The van der Waals surface area contributed by atoms with Gasteiger partial charge < -0.3 is 14.2 Å². The number of halogens is 1. The summed E-state index contributed by atoms with van der Waals surface area (Å²) in [5, 5.41) is 0. The molecular formula is C18H15FN2O6. The molecule has 27 heavy (non-hydrogen) atoms. The molecule has 2 N–H and O–H groups in total. The van der Waals surface area contributed by atoms with Gasteiger partial charge in [-0.1, -0.05) is 12.1 Å². The molecule has 1 heterocycles. The summed E-state index contributed by atoms with van der Waals surface area (Å²) in [7, 11) is 0. The Morgan fingerprint density at radius 2 is 1.74 bits per heavy atom. The van der Waals surface area contributed by atoms with Crippen molar-refractivity contribution >= 4 is 17.8 Å². The van der Waals surface area contributed by atoms with E-state index in [1.165, 1.54) is 12.1 Å². The summed E-state index contributed by atoms with van der Waals surface area (Å²) in [6.45, 7) is -0.639. The Bertz CT molecular complexity index is 855. The summed E-state index contributed by atoms with van der Waals surface area (Å²) in [5.74, 6) is -1.72. The van der Waals surface area contributed by atoms with Crippen molar-refractivity contribution in [2.45, 2.75) is 6.10 Å². The van der Waals surface area contributed by atoms with Gasteiger partial charge in [0.15, 0.2) is 18.1 Å². The Morgan fingerprint density at radius 1 is 1.04 bits per heavy atom. The summed E-state index contributed by atoms with van der Waals surface area (Å²) in [4.78, 5) is 35.4. The molecule has 0 radical (unpaired) electrons. The Morgan fingerprint density at radius 3 is 2.48 bits per heavy atom. The number of para-hydroxylation sites is 2. The molecule has 0 unspecified atom stereocenters. The first-order valence-corrected chi connectivity index (χ1v) is 7.93. The molecule has 8 nitrogen and oxygen atoms in total. The van der Waals surface area contributed by atoms with Gasteiger partial charge in [-0.2, -0.15) is 0 Å². The van der Waals surface area contributed by atoms with Crippen LogP contribution in [0.5, 0.6) is 11.5 Å². The number of hydrogen-bond acceptors (Lipinski definition) is 6. The molecule has 1 atom stereocenters. The summed E-state index contributed by atoms with van der Waals surface area (Å²) >= 11 is 0. The highest BCUT2D eigenvalue weighted by Crippen LogP contribution is 2.30. The van der Waals surface area contributed by atoms with Crippen molar-refractivity contribution in [1.29, 1.82) is 0 Å². The number of carbonyl (C=O) groups excluding carboxylic acids is 3. The van der Waals surface area contributed by atoms with Gasteiger partial charge in [0.2, 0.25) is 6.10 Å². The molecule has 0 saturated heterocycles. The first kappa shape index (κ1) is 18.2. The topological polar surface area (TPSA) is 103 Å². The minimum Gasteiger partial charge on any atom is -0.485 e. The van der Waals surface area contributed by atoms with E-state index in [4.69, 9.17) is 14.2 Å². The second-order valence-corrected chi connectivity index (χ2v) is 5.48. The van der Waals surface area contributed by atoms with Crippen LogP contribution in [-0.4, -0.2) is 37.1 Å². The SMILES string of the molecule is O=C(COC(=O)c1ccc(F)cc1)NNC(=O)[C@@H]1COc2ccccc2O1. The van der Waals surface area contributed by atoms with Gasteiger partial charge in [0.05, 0.1) is 5.56 Å². The van der Waals surface area contributed by atoms with Gasteiger partial charge in [0.1, 0.15) is 12.4 Å². The Hall–Kier alpha value is -3.62. The smallest absolute Gasteiger partial charge is 0.338 e. The number of carbonyl (C=O) groups is 3. The molecule has 3 rings (SSSR count). The van der Waals surface area contributed by atoms with Crippen LogP contribution in [0.1, 0.15) is 10.4 Å². The molecule has 0 aromatic heterocycles. The number of fused-ring (bicyclic) bond motifs is 1. The average molecular weight is 374 g/mol. The second kappa shape index (κ2) is 8.17. The highest BCUT2D eigenvalue weighted by atomic mass is 19.1. The third-order valence-electron chi connectivity index (χ3n) is 3.54. The first-order chi connectivity index (χ1) is 13.0. The van der Waals surface area contributed by atoms with Gasteiger partial charge >= 0.3 is 5.97 Å². The number of hydrogen-bond donors (Lipinski definition) is 2. The van der Waals surface area contributed by atoms with Crippen molar-refractivity contribution in [3.63, 3.8) is 0 Å². The van der Waals surface area contributed by atoms with E-state index in [1.807, 2.05) is 0 Å². The monoisotopic (exact) mass is 374 g/mol. The van der Waals surface area contributed by atoms with E-state index in [-0.39, 0.29) is 12.2 Å². The summed E-state index contributed by atoms with van der Waals surface area (Å²) in [6.07, 6.45) is -0.943. The van der Waals surface area contributed by atoms with Crippen molar-refractivity contribution in [1.82, 2.24) is 10.9 Å². The highest BCUT2D eigenvalue weighted by molar-refractivity contribution is 5.91. The maximum Gasteiger partial charge on any atom is 0.338 e. The van der Waals surface area contributed by atoms with Crippen LogP contribution in [0.2, 0.25) is 0 Å². The van der Waals surface area contributed by atoms with Crippen molar-refractivity contribution in [3.8, 4) is 11.5 Å². The number of nitrogens with one attached hydrogen (secondary N) is 2. The van der Waals surface area contributed by atoms with Gasteiger partial charge in [-0.15, -0.1) is 0 Å². The molecular weight excluding hydrogens is 359 g/mol. The van der Waals surface area contributed by atoms with E-state index in [1.54, 1.807) is 24.3 Å². The zero-order valence-corrected chi connectivity index (χ0v) is 13.9. The highest BCUT2D eigenvalue weighted by Gasteiger charge is 2.27. The van der Waals surface area contributed by atoms with Crippen molar-refractivity contribution in [2.75, 3.05) is 13.2 Å². The van der Waals surface area contributed by atoms with Crippen LogP contribution in [0.4, 0.5) is 4.39 Å². The molecule has 2 aromatic carbocycles. The lowest BCUT2D eigenvalue weighted by Gasteiger charge is -2.25. The number of hydrazine groups is 1. The predicted molar refractivity (Wildman–Crippen MR) is 89.3 cm³/mol. The van der Waals surface area contributed by atoms with E-state index in [0.29, 0.717) is 11.5 Å². The van der Waals surface area contributed by atoms with Crippen LogP contribution in [0, 0.1) is 5.82 Å². The summed E-state index contributed by atoms with van der Waals surface area (Å²) in [6, 6.07) is 11.5. The molecule has 0 aliphatic carbocycles. The van der Waals surface area contributed by atoms with Crippen molar-refractivity contribution in [3.05, 3.63) is 59.9 Å². The van der Waals surface area contributed by atoms with Gasteiger partial charge in [0.25, 0.3) is 11.8 Å². The standard InChI is InChI=1S/C18H15FN2O6/c19-12-7-5-11(6-8-12)18(24)26-10-16(22)20-21-17(23)15-9-25-13-3-1-2-4-14(13)27-15/h1-8,15H,9-10H2,(H,20,22)(H,21,23)/t15-/m0/s1. The molecule has 140 valence electrons. The van der Waals surface area contributed by atoms with Gasteiger partial charge in [-0.05, 0) is 36.4 Å².